The highest BCUT2D eigenvalue weighted by Gasteiger charge is 2.36. The van der Waals surface area contributed by atoms with Crippen molar-refractivity contribution in [1.82, 2.24) is 14.5 Å². The fourth-order valence-corrected chi connectivity index (χ4v) is 3.57. The van der Waals surface area contributed by atoms with E-state index in [0.29, 0.717) is 18.8 Å². The Morgan fingerprint density at radius 3 is 2.53 bits per heavy atom. The molecule has 0 N–H and O–H groups in total. The number of piperidine rings is 1. The van der Waals surface area contributed by atoms with Gasteiger partial charge in [0.1, 0.15) is 17.2 Å². The summed E-state index contributed by atoms with van der Waals surface area (Å²) in [4.78, 5) is 18.8. The van der Waals surface area contributed by atoms with E-state index in [-0.39, 0.29) is 17.3 Å². The van der Waals surface area contributed by atoms with Crippen LogP contribution in [0, 0.1) is 5.82 Å². The van der Waals surface area contributed by atoms with E-state index in [0.717, 1.165) is 25.0 Å². The fourth-order valence-electron chi connectivity index (χ4n) is 3.57. The number of hydrogen-bond acceptors (Lipinski definition) is 3. The molecule has 164 valence electrons. The van der Waals surface area contributed by atoms with Gasteiger partial charge in [-0.2, -0.15) is 13.2 Å². The molecule has 1 unspecified atom stereocenters. The number of amides is 1. The minimum atomic E-state index is -4.80. The van der Waals surface area contributed by atoms with Crippen molar-refractivity contribution in [3.05, 3.63) is 41.6 Å². The molecule has 1 atom stereocenters. The van der Waals surface area contributed by atoms with E-state index < -0.39 is 29.3 Å². The number of aromatic nitrogens is 2. The van der Waals surface area contributed by atoms with Crippen LogP contribution in [0.5, 0.6) is 0 Å². The molecule has 0 spiro atoms. The van der Waals surface area contributed by atoms with Gasteiger partial charge in [0.2, 0.25) is 0 Å². The van der Waals surface area contributed by atoms with E-state index in [1.54, 1.807) is 43.5 Å². The maximum atomic E-state index is 13.6. The number of carbonyl (C=O) groups excluding carboxylic acids is 1. The number of nitrogens with zero attached hydrogens (tertiary/aromatic N) is 3. The zero-order valence-electron chi connectivity index (χ0n) is 17.4. The number of aryl methyl sites for hydroxylation is 1. The monoisotopic (exact) mass is 427 g/mol. The number of hydrogen-bond donors (Lipinski definition) is 0. The Hall–Kier alpha value is -2.58. The highest BCUT2D eigenvalue weighted by molar-refractivity contribution is 5.69. The molecule has 9 heteroatoms. The van der Waals surface area contributed by atoms with Crippen molar-refractivity contribution in [3.63, 3.8) is 0 Å². The topological polar surface area (TPSA) is 47.4 Å². The summed E-state index contributed by atoms with van der Waals surface area (Å²) in [5, 5.41) is 0. The minimum absolute atomic E-state index is 0.158. The summed E-state index contributed by atoms with van der Waals surface area (Å²) in [7, 11) is 1.72. The third-order valence-corrected chi connectivity index (χ3v) is 4.91. The first-order chi connectivity index (χ1) is 13.9. The molecule has 0 bridgehead atoms. The number of halogens is 4. The van der Waals surface area contributed by atoms with Crippen molar-refractivity contribution in [2.75, 3.05) is 6.54 Å². The van der Waals surface area contributed by atoms with Crippen molar-refractivity contribution < 1.29 is 27.1 Å². The zero-order valence-corrected chi connectivity index (χ0v) is 17.4. The lowest BCUT2D eigenvalue weighted by molar-refractivity contribution is -0.139. The van der Waals surface area contributed by atoms with Crippen molar-refractivity contribution in [3.8, 4) is 11.3 Å². The molecule has 1 aliphatic rings. The quantitative estimate of drug-likeness (QED) is 0.577. The Morgan fingerprint density at radius 2 is 1.90 bits per heavy atom. The Bertz CT molecular complexity index is 931. The van der Waals surface area contributed by atoms with Gasteiger partial charge in [0.15, 0.2) is 0 Å². The lowest BCUT2D eigenvalue weighted by atomic mass is 10.0. The lowest BCUT2D eigenvalue weighted by Gasteiger charge is -2.36. The van der Waals surface area contributed by atoms with Gasteiger partial charge in [-0.15, -0.1) is 0 Å². The van der Waals surface area contributed by atoms with Crippen molar-refractivity contribution in [2.24, 2.45) is 7.05 Å². The molecule has 2 heterocycles. The molecule has 0 aliphatic carbocycles. The van der Waals surface area contributed by atoms with Crippen LogP contribution < -0.4 is 0 Å². The first-order valence-electron chi connectivity index (χ1n) is 9.77. The predicted octanol–water partition coefficient (Wildman–Crippen LogP) is 5.71. The maximum absolute atomic E-state index is 13.6. The van der Waals surface area contributed by atoms with E-state index in [2.05, 4.69) is 4.98 Å². The van der Waals surface area contributed by atoms with Gasteiger partial charge in [0, 0.05) is 25.4 Å². The molecule has 5 nitrogen and oxygen atoms in total. The molecule has 1 saturated heterocycles. The SMILES string of the molecule is Cn1cc(-c2ccc(F)c(C(F)(F)F)c2)nc1C1CCCCN1C(=O)OC(C)(C)C. The van der Waals surface area contributed by atoms with Crippen LogP contribution in [0.2, 0.25) is 0 Å². The second-order valence-corrected chi connectivity index (χ2v) is 8.47. The predicted molar refractivity (Wildman–Crippen MR) is 103 cm³/mol. The van der Waals surface area contributed by atoms with Crippen LogP contribution >= 0.6 is 0 Å². The molecular weight excluding hydrogens is 402 g/mol. The molecule has 1 amide bonds. The van der Waals surface area contributed by atoms with Crippen molar-refractivity contribution in [2.45, 2.75) is 57.9 Å². The number of rotatable bonds is 2. The molecule has 0 saturated carbocycles. The van der Waals surface area contributed by atoms with E-state index in [9.17, 15) is 22.4 Å². The second-order valence-electron chi connectivity index (χ2n) is 8.47. The normalized spacial score (nSPS) is 17.9. The van der Waals surface area contributed by atoms with Crippen molar-refractivity contribution >= 4 is 6.09 Å². The number of imidazole rings is 1. The molecular formula is C21H25F4N3O2. The Balaban J connectivity index is 1.94. The molecule has 2 aromatic rings. The smallest absolute Gasteiger partial charge is 0.419 e. The third kappa shape index (κ3) is 4.76. The van der Waals surface area contributed by atoms with Crippen LogP contribution in [0.3, 0.4) is 0 Å². The van der Waals surface area contributed by atoms with Crippen LogP contribution in [0.1, 0.15) is 57.5 Å². The largest absolute Gasteiger partial charge is 0.444 e. The van der Waals surface area contributed by atoms with Gasteiger partial charge in [-0.25, -0.2) is 14.2 Å². The van der Waals surface area contributed by atoms with E-state index in [1.165, 1.54) is 6.07 Å². The molecule has 0 radical (unpaired) electrons. The van der Waals surface area contributed by atoms with Gasteiger partial charge in [-0.3, -0.25) is 4.90 Å². The van der Waals surface area contributed by atoms with E-state index in [1.807, 2.05) is 0 Å². The highest BCUT2D eigenvalue weighted by atomic mass is 19.4. The van der Waals surface area contributed by atoms with Gasteiger partial charge < -0.3 is 9.30 Å². The zero-order chi connectivity index (χ0) is 22.3. The van der Waals surface area contributed by atoms with Gasteiger partial charge in [-0.1, -0.05) is 0 Å². The van der Waals surface area contributed by atoms with Gasteiger partial charge >= 0.3 is 12.3 Å². The molecule has 3 rings (SSSR count). The maximum Gasteiger partial charge on any atom is 0.419 e. The van der Waals surface area contributed by atoms with Crippen LogP contribution in [0.25, 0.3) is 11.3 Å². The summed E-state index contributed by atoms with van der Waals surface area (Å²) in [6.07, 6.45) is -1.27. The Kier molecular flexibility index (Phi) is 5.84. The lowest BCUT2D eigenvalue weighted by Crippen LogP contribution is -2.42. The van der Waals surface area contributed by atoms with Crippen LogP contribution in [0.15, 0.2) is 24.4 Å². The summed E-state index contributed by atoms with van der Waals surface area (Å²) in [6, 6.07) is 2.46. The van der Waals surface area contributed by atoms with Gasteiger partial charge in [-0.05, 0) is 58.2 Å². The summed E-state index contributed by atoms with van der Waals surface area (Å²) >= 11 is 0. The summed E-state index contributed by atoms with van der Waals surface area (Å²) in [5.41, 5.74) is -1.54. The molecule has 1 aromatic carbocycles. The number of ether oxygens (including phenoxy) is 1. The number of benzene rings is 1. The standard InChI is InChI=1S/C21H25F4N3O2/c1-20(2,3)30-19(29)28-10-6-5-7-17(28)18-26-16(12-27(18)4)13-8-9-15(22)14(11-13)21(23,24)25/h8-9,11-12,17H,5-7,10H2,1-4H3. The Morgan fingerprint density at radius 1 is 1.20 bits per heavy atom. The fraction of sp³-hybridized carbons (Fsp3) is 0.524. The molecule has 1 aliphatic heterocycles. The minimum Gasteiger partial charge on any atom is -0.444 e. The molecule has 1 fully saturated rings. The molecule has 30 heavy (non-hydrogen) atoms. The number of alkyl halides is 3. The Labute approximate surface area is 172 Å². The highest BCUT2D eigenvalue weighted by Crippen LogP contribution is 2.36. The summed E-state index contributed by atoms with van der Waals surface area (Å²) in [5.74, 6) is -0.778. The first-order valence-corrected chi connectivity index (χ1v) is 9.77. The number of carbonyl (C=O) groups is 1. The van der Waals surface area contributed by atoms with Crippen molar-refractivity contribution in [1.29, 1.82) is 0 Å². The van der Waals surface area contributed by atoms with Gasteiger partial charge in [0.25, 0.3) is 0 Å². The van der Waals surface area contributed by atoms with E-state index >= 15 is 0 Å². The van der Waals surface area contributed by atoms with Crippen LogP contribution in [-0.4, -0.2) is 32.7 Å². The van der Waals surface area contributed by atoms with Crippen LogP contribution in [0.4, 0.5) is 22.4 Å². The van der Waals surface area contributed by atoms with E-state index in [4.69, 9.17) is 4.74 Å². The van der Waals surface area contributed by atoms with Gasteiger partial charge in [0.05, 0.1) is 17.3 Å². The molecule has 1 aromatic heterocycles. The average molecular weight is 427 g/mol. The van der Waals surface area contributed by atoms with Crippen LogP contribution in [-0.2, 0) is 18.0 Å². The third-order valence-electron chi connectivity index (χ3n) is 4.91. The average Bonchev–Trinajstić information content (AvgIpc) is 3.01. The number of likely N-dealkylation sites (tertiary alicyclic amines) is 1. The summed E-state index contributed by atoms with van der Waals surface area (Å²) in [6.45, 7) is 5.87. The first kappa shape index (κ1) is 22.1. The second kappa shape index (κ2) is 7.92. The summed E-state index contributed by atoms with van der Waals surface area (Å²) < 4.78 is 60.0.